The number of carbonyl (C=O) groups excluding carboxylic acids is 1. The first kappa shape index (κ1) is 12.6. The van der Waals surface area contributed by atoms with Gasteiger partial charge in [0.25, 0.3) is 0 Å². The Morgan fingerprint density at radius 2 is 2.12 bits per heavy atom. The Labute approximate surface area is 94.2 Å². The molecule has 0 aliphatic carbocycles. The molecule has 1 aromatic rings. The summed E-state index contributed by atoms with van der Waals surface area (Å²) in [6, 6.07) is -0.874. The molecule has 90 valence electrons. The molecule has 7 heteroatoms. The van der Waals surface area contributed by atoms with Crippen LogP contribution < -0.4 is 11.1 Å². The van der Waals surface area contributed by atoms with Gasteiger partial charge in [-0.2, -0.15) is 5.21 Å². The fourth-order valence-corrected chi connectivity index (χ4v) is 1.11. The van der Waals surface area contributed by atoms with E-state index in [1.807, 2.05) is 20.8 Å². The Hall–Kier alpha value is -1.50. The molecule has 0 aliphatic heterocycles. The first-order valence-electron chi connectivity index (χ1n) is 5.11. The second-order valence-corrected chi connectivity index (χ2v) is 4.84. The third-order valence-electron chi connectivity index (χ3n) is 2.32. The third kappa shape index (κ3) is 2.99. The molecule has 0 saturated heterocycles. The highest BCUT2D eigenvalue weighted by molar-refractivity contribution is 5.82. The monoisotopic (exact) mass is 226 g/mol. The van der Waals surface area contributed by atoms with Crippen molar-refractivity contribution in [1.82, 2.24) is 25.9 Å². The van der Waals surface area contributed by atoms with Crippen molar-refractivity contribution in [3.05, 3.63) is 5.82 Å². The van der Waals surface area contributed by atoms with Gasteiger partial charge in [0.05, 0.1) is 12.1 Å². The van der Waals surface area contributed by atoms with Crippen LogP contribution in [-0.2, 0) is 4.79 Å². The number of aromatic nitrogens is 4. The zero-order chi connectivity index (χ0) is 12.3. The van der Waals surface area contributed by atoms with E-state index in [1.54, 1.807) is 6.92 Å². The number of hydrogen-bond acceptors (Lipinski definition) is 5. The molecule has 0 aromatic carbocycles. The average molecular weight is 226 g/mol. The van der Waals surface area contributed by atoms with E-state index in [4.69, 9.17) is 5.73 Å². The zero-order valence-corrected chi connectivity index (χ0v) is 9.98. The number of H-pyrrole nitrogens is 1. The Bertz CT molecular complexity index is 341. The maximum absolute atomic E-state index is 11.8. The van der Waals surface area contributed by atoms with Crippen molar-refractivity contribution in [3.63, 3.8) is 0 Å². The maximum Gasteiger partial charge on any atom is 0.238 e. The molecule has 1 aromatic heterocycles. The molecule has 1 rings (SSSR count). The minimum Gasteiger partial charge on any atom is -0.345 e. The molecule has 4 N–H and O–H groups in total. The second-order valence-electron chi connectivity index (χ2n) is 4.84. The van der Waals surface area contributed by atoms with Gasteiger partial charge in [-0.3, -0.25) is 4.79 Å². The van der Waals surface area contributed by atoms with Crippen LogP contribution in [0.25, 0.3) is 0 Å². The van der Waals surface area contributed by atoms with Crippen molar-refractivity contribution in [1.29, 1.82) is 0 Å². The Kier molecular flexibility index (Phi) is 3.58. The van der Waals surface area contributed by atoms with E-state index in [2.05, 4.69) is 25.9 Å². The minimum atomic E-state index is -0.568. The van der Waals surface area contributed by atoms with Crippen LogP contribution in [0.4, 0.5) is 0 Å². The number of nitrogens with zero attached hydrogens (tertiary/aromatic N) is 3. The molecule has 0 aliphatic rings. The van der Waals surface area contributed by atoms with Gasteiger partial charge in [-0.15, -0.1) is 10.2 Å². The predicted molar refractivity (Wildman–Crippen MR) is 58.2 cm³/mol. The van der Waals surface area contributed by atoms with Crippen LogP contribution in [-0.4, -0.2) is 32.6 Å². The summed E-state index contributed by atoms with van der Waals surface area (Å²) in [5.41, 5.74) is 5.54. The van der Waals surface area contributed by atoms with Gasteiger partial charge in [-0.05, 0) is 12.3 Å². The van der Waals surface area contributed by atoms with Gasteiger partial charge in [-0.25, -0.2) is 0 Å². The summed E-state index contributed by atoms with van der Waals surface area (Å²) >= 11 is 0. The van der Waals surface area contributed by atoms with Crippen LogP contribution in [0, 0.1) is 5.41 Å². The molecular weight excluding hydrogens is 208 g/mol. The van der Waals surface area contributed by atoms with Crippen molar-refractivity contribution in [2.24, 2.45) is 11.1 Å². The molecule has 16 heavy (non-hydrogen) atoms. The van der Waals surface area contributed by atoms with Gasteiger partial charge < -0.3 is 11.1 Å². The first-order chi connectivity index (χ1) is 7.32. The molecule has 0 fully saturated rings. The average Bonchev–Trinajstić information content (AvgIpc) is 2.67. The van der Waals surface area contributed by atoms with Gasteiger partial charge in [0.1, 0.15) is 0 Å². The van der Waals surface area contributed by atoms with Crippen molar-refractivity contribution >= 4 is 5.91 Å². The second kappa shape index (κ2) is 4.56. The van der Waals surface area contributed by atoms with E-state index in [0.29, 0.717) is 5.82 Å². The van der Waals surface area contributed by atoms with Gasteiger partial charge in [0.15, 0.2) is 5.82 Å². The van der Waals surface area contributed by atoms with Crippen molar-refractivity contribution in [3.8, 4) is 0 Å². The van der Waals surface area contributed by atoms with Crippen molar-refractivity contribution in [2.75, 3.05) is 0 Å². The fourth-order valence-electron chi connectivity index (χ4n) is 1.11. The van der Waals surface area contributed by atoms with Crippen LogP contribution in [0.15, 0.2) is 0 Å². The van der Waals surface area contributed by atoms with Gasteiger partial charge in [0, 0.05) is 0 Å². The summed E-state index contributed by atoms with van der Waals surface area (Å²) in [6.07, 6.45) is 0. The van der Waals surface area contributed by atoms with Gasteiger partial charge >= 0.3 is 0 Å². The number of nitrogens with two attached hydrogens (primary N) is 1. The highest BCUT2D eigenvalue weighted by Gasteiger charge is 2.28. The summed E-state index contributed by atoms with van der Waals surface area (Å²) in [5, 5.41) is 16.1. The van der Waals surface area contributed by atoms with E-state index in [0.717, 1.165) is 0 Å². The normalized spacial score (nSPS) is 15.6. The number of nitrogens with one attached hydrogen (secondary N) is 2. The van der Waals surface area contributed by atoms with E-state index in [9.17, 15) is 4.79 Å². The topological polar surface area (TPSA) is 110 Å². The number of hydrogen-bond donors (Lipinski definition) is 3. The Balaban J connectivity index is 2.59. The third-order valence-corrected chi connectivity index (χ3v) is 2.32. The van der Waals surface area contributed by atoms with Crippen LogP contribution in [0.5, 0.6) is 0 Å². The summed E-state index contributed by atoms with van der Waals surface area (Å²) in [7, 11) is 0. The molecule has 0 radical (unpaired) electrons. The zero-order valence-electron chi connectivity index (χ0n) is 9.98. The maximum atomic E-state index is 11.8. The lowest BCUT2D eigenvalue weighted by atomic mass is 9.87. The fraction of sp³-hybridized carbons (Fsp3) is 0.778. The highest BCUT2D eigenvalue weighted by Crippen LogP contribution is 2.18. The van der Waals surface area contributed by atoms with E-state index in [1.165, 1.54) is 0 Å². The number of tetrazole rings is 1. The molecule has 0 bridgehead atoms. The molecule has 0 spiro atoms. The molecule has 1 amide bonds. The predicted octanol–water partition coefficient (Wildman–Crippen LogP) is -0.250. The van der Waals surface area contributed by atoms with Crippen LogP contribution in [0.1, 0.15) is 39.6 Å². The van der Waals surface area contributed by atoms with Crippen LogP contribution >= 0.6 is 0 Å². The van der Waals surface area contributed by atoms with E-state index >= 15 is 0 Å². The smallest absolute Gasteiger partial charge is 0.238 e. The molecular formula is C9H18N6O. The largest absolute Gasteiger partial charge is 0.345 e. The first-order valence-corrected chi connectivity index (χ1v) is 5.11. The Morgan fingerprint density at radius 1 is 1.50 bits per heavy atom. The standard InChI is InChI=1S/C9H18N6O/c1-5(7-12-14-15-13-7)11-8(16)6(10)9(2,3)4/h5-6H,10H2,1-4H3,(H,11,16)(H,12,13,14,15)/t5?,6-/m1/s1. The molecule has 1 heterocycles. The van der Waals surface area contributed by atoms with Crippen LogP contribution in [0.2, 0.25) is 0 Å². The summed E-state index contributed by atoms with van der Waals surface area (Å²) in [5.74, 6) is 0.222. The Morgan fingerprint density at radius 3 is 2.56 bits per heavy atom. The highest BCUT2D eigenvalue weighted by atomic mass is 16.2. The number of aromatic amines is 1. The lowest BCUT2D eigenvalue weighted by Crippen LogP contribution is -2.49. The van der Waals surface area contributed by atoms with Gasteiger partial charge in [0.2, 0.25) is 5.91 Å². The van der Waals surface area contributed by atoms with Crippen molar-refractivity contribution < 1.29 is 4.79 Å². The molecule has 1 unspecified atom stereocenters. The summed E-state index contributed by atoms with van der Waals surface area (Å²) < 4.78 is 0. The summed E-state index contributed by atoms with van der Waals surface area (Å²) in [6.45, 7) is 7.51. The lowest BCUT2D eigenvalue weighted by molar-refractivity contribution is -0.125. The quantitative estimate of drug-likeness (QED) is 0.658. The summed E-state index contributed by atoms with van der Waals surface area (Å²) in [4.78, 5) is 11.8. The SMILES string of the molecule is CC(NC(=O)[C@@H](N)C(C)(C)C)c1nn[nH]n1. The molecule has 2 atom stereocenters. The molecule has 7 nitrogen and oxygen atoms in total. The van der Waals surface area contributed by atoms with E-state index in [-0.39, 0.29) is 17.4 Å². The lowest BCUT2D eigenvalue weighted by Gasteiger charge is -2.26. The van der Waals surface area contributed by atoms with Crippen LogP contribution in [0.3, 0.4) is 0 Å². The number of carbonyl (C=O) groups is 1. The number of amides is 1. The minimum absolute atomic E-state index is 0.218. The van der Waals surface area contributed by atoms with Crippen molar-refractivity contribution in [2.45, 2.75) is 39.8 Å². The van der Waals surface area contributed by atoms with E-state index < -0.39 is 6.04 Å². The number of rotatable bonds is 3. The molecule has 0 saturated carbocycles. The van der Waals surface area contributed by atoms with Gasteiger partial charge in [-0.1, -0.05) is 26.0 Å².